The van der Waals surface area contributed by atoms with Gasteiger partial charge in [-0.15, -0.1) is 10.2 Å². The van der Waals surface area contributed by atoms with Crippen molar-refractivity contribution >= 4 is 38.9 Å². The predicted octanol–water partition coefficient (Wildman–Crippen LogP) is 3.77. The summed E-state index contributed by atoms with van der Waals surface area (Å²) in [4.78, 5) is 0. The van der Waals surface area contributed by atoms with Gasteiger partial charge in [-0.2, -0.15) is 0 Å². The topological polar surface area (TPSA) is 37.8 Å². The molecule has 0 saturated carbocycles. The molecule has 1 N–H and O–H groups in total. The van der Waals surface area contributed by atoms with Crippen molar-refractivity contribution in [3.05, 3.63) is 32.7 Å². The minimum absolute atomic E-state index is 0.712. The van der Waals surface area contributed by atoms with Crippen molar-refractivity contribution < 1.29 is 0 Å². The number of aryl methyl sites for hydroxylation is 1. The summed E-state index contributed by atoms with van der Waals surface area (Å²) in [6.07, 6.45) is 2.04. The van der Waals surface area contributed by atoms with Gasteiger partial charge in [0.15, 0.2) is 0 Å². The van der Waals surface area contributed by atoms with E-state index in [1.807, 2.05) is 25.2 Å². The Morgan fingerprint density at radius 3 is 2.94 bits per heavy atom. The molecule has 0 aliphatic heterocycles. The van der Waals surface area contributed by atoms with Gasteiger partial charge >= 0.3 is 0 Å². The van der Waals surface area contributed by atoms with Crippen LogP contribution in [0.3, 0.4) is 0 Å². The number of hydrogen-bond donors (Lipinski definition) is 1. The Morgan fingerprint density at radius 1 is 1.39 bits per heavy atom. The van der Waals surface area contributed by atoms with E-state index in [2.05, 4.69) is 31.4 Å². The fourth-order valence-corrected chi connectivity index (χ4v) is 3.47. The maximum Gasteiger partial charge on any atom is 0.148 e. The molecule has 0 amide bonds. The molecule has 1 aromatic heterocycles. The van der Waals surface area contributed by atoms with Gasteiger partial charge in [-0.3, -0.25) is 0 Å². The largest absolute Gasteiger partial charge is 0.320 e. The number of benzene rings is 1. The molecule has 0 fully saturated rings. The highest BCUT2D eigenvalue weighted by Crippen LogP contribution is 2.32. The fraction of sp³-hybridized carbons (Fsp3) is 0.333. The third kappa shape index (κ3) is 3.51. The van der Waals surface area contributed by atoms with Crippen LogP contribution >= 0.6 is 38.9 Å². The van der Waals surface area contributed by atoms with E-state index in [9.17, 15) is 0 Å². The SMILES string of the molecule is CNCCCc1nnc(-c2ccc(Cl)cc2Br)s1. The van der Waals surface area contributed by atoms with Gasteiger partial charge in [0.1, 0.15) is 10.0 Å². The van der Waals surface area contributed by atoms with Crippen molar-refractivity contribution in [3.8, 4) is 10.6 Å². The highest BCUT2D eigenvalue weighted by Gasteiger charge is 2.10. The Balaban J connectivity index is 2.13. The Hall–Kier alpha value is -0.490. The molecule has 1 aromatic carbocycles. The van der Waals surface area contributed by atoms with Gasteiger partial charge in [0.25, 0.3) is 0 Å². The Bertz CT molecular complexity index is 530. The van der Waals surface area contributed by atoms with E-state index in [1.165, 1.54) is 0 Å². The molecule has 3 nitrogen and oxygen atoms in total. The monoisotopic (exact) mass is 345 g/mol. The molecule has 0 aliphatic carbocycles. The predicted molar refractivity (Wildman–Crippen MR) is 80.3 cm³/mol. The van der Waals surface area contributed by atoms with Crippen LogP contribution in [-0.4, -0.2) is 23.8 Å². The van der Waals surface area contributed by atoms with Crippen LogP contribution in [0, 0.1) is 0 Å². The first-order chi connectivity index (χ1) is 8.70. The van der Waals surface area contributed by atoms with Crippen molar-refractivity contribution in [1.29, 1.82) is 0 Å². The van der Waals surface area contributed by atoms with Crippen LogP contribution in [0.5, 0.6) is 0 Å². The standard InChI is InChI=1S/C12H13BrClN3S/c1-15-6-2-3-11-16-17-12(18-11)9-5-4-8(14)7-10(9)13/h4-5,7,15H,2-3,6H2,1H3. The molecule has 2 rings (SSSR count). The summed E-state index contributed by atoms with van der Waals surface area (Å²) < 4.78 is 0.952. The van der Waals surface area contributed by atoms with Crippen molar-refractivity contribution in [2.24, 2.45) is 0 Å². The zero-order chi connectivity index (χ0) is 13.0. The minimum atomic E-state index is 0.712. The van der Waals surface area contributed by atoms with E-state index < -0.39 is 0 Å². The number of halogens is 2. The number of aromatic nitrogens is 2. The second-order valence-electron chi connectivity index (χ2n) is 3.83. The lowest BCUT2D eigenvalue weighted by Gasteiger charge is -1.99. The Labute approximate surface area is 124 Å². The Kier molecular flexibility index (Phi) is 5.12. The van der Waals surface area contributed by atoms with Crippen molar-refractivity contribution in [1.82, 2.24) is 15.5 Å². The number of nitrogens with zero attached hydrogens (tertiary/aromatic N) is 2. The van der Waals surface area contributed by atoms with Crippen LogP contribution in [0.1, 0.15) is 11.4 Å². The van der Waals surface area contributed by atoms with Gasteiger partial charge in [0, 0.05) is 21.5 Å². The summed E-state index contributed by atoms with van der Waals surface area (Å²) in [5, 5.41) is 14.3. The molecule has 1 heterocycles. The summed E-state index contributed by atoms with van der Waals surface area (Å²) >= 11 is 11.1. The first-order valence-electron chi connectivity index (χ1n) is 5.63. The molecule has 6 heteroatoms. The summed E-state index contributed by atoms with van der Waals surface area (Å²) in [6, 6.07) is 5.70. The third-order valence-electron chi connectivity index (χ3n) is 2.45. The number of nitrogens with one attached hydrogen (secondary N) is 1. The third-order valence-corrected chi connectivity index (χ3v) is 4.35. The molecule has 96 valence electrons. The molecule has 0 bridgehead atoms. The zero-order valence-corrected chi connectivity index (χ0v) is 13.1. The zero-order valence-electron chi connectivity index (χ0n) is 9.91. The van der Waals surface area contributed by atoms with Crippen molar-refractivity contribution in [3.63, 3.8) is 0 Å². The molecular weight excluding hydrogens is 334 g/mol. The molecule has 0 atom stereocenters. The van der Waals surface area contributed by atoms with Crippen LogP contribution in [-0.2, 0) is 6.42 Å². The van der Waals surface area contributed by atoms with E-state index >= 15 is 0 Å². The van der Waals surface area contributed by atoms with Crippen LogP contribution < -0.4 is 5.32 Å². The summed E-state index contributed by atoms with van der Waals surface area (Å²) in [6.45, 7) is 1.000. The summed E-state index contributed by atoms with van der Waals surface area (Å²) in [7, 11) is 1.95. The maximum atomic E-state index is 5.92. The molecular formula is C12H13BrClN3S. The highest BCUT2D eigenvalue weighted by atomic mass is 79.9. The smallest absolute Gasteiger partial charge is 0.148 e. The van der Waals surface area contributed by atoms with Gasteiger partial charge in [-0.25, -0.2) is 0 Å². The number of rotatable bonds is 5. The molecule has 0 radical (unpaired) electrons. The lowest BCUT2D eigenvalue weighted by molar-refractivity contribution is 0.718. The highest BCUT2D eigenvalue weighted by molar-refractivity contribution is 9.10. The van der Waals surface area contributed by atoms with Crippen LogP contribution in [0.25, 0.3) is 10.6 Å². The maximum absolute atomic E-state index is 5.92. The van der Waals surface area contributed by atoms with E-state index in [-0.39, 0.29) is 0 Å². The molecule has 0 unspecified atom stereocenters. The molecule has 0 saturated heterocycles. The average Bonchev–Trinajstić information content (AvgIpc) is 2.78. The van der Waals surface area contributed by atoms with E-state index in [1.54, 1.807) is 11.3 Å². The number of hydrogen-bond acceptors (Lipinski definition) is 4. The normalized spacial score (nSPS) is 10.8. The van der Waals surface area contributed by atoms with E-state index in [4.69, 9.17) is 11.6 Å². The first kappa shape index (κ1) is 13.9. The fourth-order valence-electron chi connectivity index (χ4n) is 1.54. The average molecular weight is 347 g/mol. The molecule has 0 aliphatic rings. The Morgan fingerprint density at radius 2 is 2.22 bits per heavy atom. The quantitative estimate of drug-likeness (QED) is 0.837. The first-order valence-corrected chi connectivity index (χ1v) is 7.62. The molecule has 18 heavy (non-hydrogen) atoms. The van der Waals surface area contributed by atoms with Crippen LogP contribution in [0.4, 0.5) is 0 Å². The lowest BCUT2D eigenvalue weighted by Crippen LogP contribution is -2.08. The van der Waals surface area contributed by atoms with Gasteiger partial charge in [0.2, 0.25) is 0 Å². The van der Waals surface area contributed by atoms with Crippen LogP contribution in [0.15, 0.2) is 22.7 Å². The van der Waals surface area contributed by atoms with Crippen molar-refractivity contribution in [2.45, 2.75) is 12.8 Å². The van der Waals surface area contributed by atoms with Crippen LogP contribution in [0.2, 0.25) is 5.02 Å². The molecule has 2 aromatic rings. The van der Waals surface area contributed by atoms with Gasteiger partial charge in [-0.05, 0) is 38.2 Å². The van der Waals surface area contributed by atoms with Crippen molar-refractivity contribution in [2.75, 3.05) is 13.6 Å². The summed E-state index contributed by atoms with van der Waals surface area (Å²) in [5.74, 6) is 0. The van der Waals surface area contributed by atoms with Gasteiger partial charge in [-0.1, -0.05) is 38.9 Å². The molecule has 0 spiro atoms. The van der Waals surface area contributed by atoms with Gasteiger partial charge < -0.3 is 5.32 Å². The lowest BCUT2D eigenvalue weighted by atomic mass is 10.2. The van der Waals surface area contributed by atoms with Gasteiger partial charge in [0.05, 0.1) is 0 Å². The van der Waals surface area contributed by atoms with E-state index in [0.29, 0.717) is 5.02 Å². The second-order valence-corrected chi connectivity index (χ2v) is 6.19. The second kappa shape index (κ2) is 6.61. The summed E-state index contributed by atoms with van der Waals surface area (Å²) in [5.41, 5.74) is 1.04. The van der Waals surface area contributed by atoms with E-state index in [0.717, 1.165) is 39.4 Å². The minimum Gasteiger partial charge on any atom is -0.320 e.